The summed E-state index contributed by atoms with van der Waals surface area (Å²) in [6.45, 7) is 8.25. The summed E-state index contributed by atoms with van der Waals surface area (Å²) >= 11 is 3.54. The second kappa shape index (κ2) is 5.50. The van der Waals surface area contributed by atoms with Crippen molar-refractivity contribution in [3.8, 4) is 0 Å². The molecule has 0 aromatic carbocycles. The van der Waals surface area contributed by atoms with Crippen LogP contribution in [0.4, 0.5) is 0 Å². The minimum Gasteiger partial charge on any atom is -0.322 e. The highest BCUT2D eigenvalue weighted by atomic mass is 79.9. The van der Waals surface area contributed by atoms with Crippen molar-refractivity contribution in [2.24, 2.45) is 11.1 Å². The van der Waals surface area contributed by atoms with Crippen LogP contribution in [0.1, 0.15) is 32.5 Å². The van der Waals surface area contributed by atoms with Gasteiger partial charge in [-0.25, -0.2) is 0 Å². The highest BCUT2D eigenvalue weighted by molar-refractivity contribution is 9.10. The second-order valence-electron chi connectivity index (χ2n) is 5.75. The van der Waals surface area contributed by atoms with Gasteiger partial charge in [-0.15, -0.1) is 0 Å². The minimum atomic E-state index is -0.0264. The van der Waals surface area contributed by atoms with E-state index in [4.69, 9.17) is 5.73 Å². The van der Waals surface area contributed by atoms with Crippen LogP contribution in [0.2, 0.25) is 0 Å². The molecule has 1 atom stereocenters. The van der Waals surface area contributed by atoms with Crippen molar-refractivity contribution in [1.82, 2.24) is 14.7 Å². The predicted molar refractivity (Wildman–Crippen MR) is 74.9 cm³/mol. The molecule has 4 nitrogen and oxygen atoms in total. The van der Waals surface area contributed by atoms with E-state index in [9.17, 15) is 0 Å². The fourth-order valence-corrected chi connectivity index (χ4v) is 2.11. The zero-order valence-electron chi connectivity index (χ0n) is 11.4. The summed E-state index contributed by atoms with van der Waals surface area (Å²) in [6, 6.07) is -0.0264. The molecule has 1 heterocycles. The molecule has 0 amide bonds. The van der Waals surface area contributed by atoms with Gasteiger partial charge in [-0.3, -0.25) is 4.68 Å². The van der Waals surface area contributed by atoms with E-state index in [1.54, 1.807) is 0 Å². The van der Waals surface area contributed by atoms with Gasteiger partial charge >= 0.3 is 0 Å². The lowest BCUT2D eigenvalue weighted by Crippen LogP contribution is -2.30. The molecule has 1 aromatic heterocycles. The van der Waals surface area contributed by atoms with E-state index >= 15 is 0 Å². The first-order valence-corrected chi connectivity index (χ1v) is 6.64. The largest absolute Gasteiger partial charge is 0.322 e. The summed E-state index contributed by atoms with van der Waals surface area (Å²) in [4.78, 5) is 2.14. The zero-order chi connectivity index (χ0) is 13.2. The molecule has 0 aliphatic rings. The number of likely N-dealkylation sites (N-methyl/N-ethyl adjacent to an activating group) is 1. The third kappa shape index (κ3) is 3.79. The summed E-state index contributed by atoms with van der Waals surface area (Å²) in [5.41, 5.74) is 7.43. The summed E-state index contributed by atoms with van der Waals surface area (Å²) in [5, 5.41) is 4.39. The molecule has 17 heavy (non-hydrogen) atoms. The maximum Gasteiger partial charge on any atom is 0.0699 e. The van der Waals surface area contributed by atoms with Crippen LogP contribution in [0, 0.1) is 5.41 Å². The van der Waals surface area contributed by atoms with Crippen molar-refractivity contribution < 1.29 is 0 Å². The number of rotatable bonds is 4. The second-order valence-corrected chi connectivity index (χ2v) is 6.60. The number of aromatic nitrogens is 2. The molecule has 0 bridgehead atoms. The lowest BCUT2D eigenvalue weighted by Gasteiger charge is -2.28. The number of hydrogen-bond donors (Lipinski definition) is 1. The lowest BCUT2D eigenvalue weighted by molar-refractivity contribution is 0.300. The maximum absolute atomic E-state index is 6.32. The van der Waals surface area contributed by atoms with Crippen LogP contribution >= 0.6 is 15.9 Å². The normalized spacial score (nSPS) is 14.4. The number of nitrogens with zero attached hydrogens (tertiary/aromatic N) is 3. The first-order valence-electron chi connectivity index (χ1n) is 5.85. The Labute approximate surface area is 112 Å². The lowest BCUT2D eigenvalue weighted by atomic mass is 9.85. The van der Waals surface area contributed by atoms with Gasteiger partial charge in [0, 0.05) is 6.54 Å². The molecule has 0 saturated heterocycles. The topological polar surface area (TPSA) is 47.1 Å². The maximum atomic E-state index is 6.32. The zero-order valence-corrected chi connectivity index (χ0v) is 13.0. The van der Waals surface area contributed by atoms with Gasteiger partial charge in [0.05, 0.1) is 29.0 Å². The Hall–Kier alpha value is -0.390. The third-order valence-electron chi connectivity index (χ3n) is 2.82. The quantitative estimate of drug-likeness (QED) is 0.928. The summed E-state index contributed by atoms with van der Waals surface area (Å²) in [7, 11) is 4.11. The minimum absolute atomic E-state index is 0.0262. The molecule has 0 radical (unpaired) electrons. The van der Waals surface area contributed by atoms with Crippen LogP contribution < -0.4 is 5.73 Å². The molecule has 0 spiro atoms. The molecule has 5 heteroatoms. The van der Waals surface area contributed by atoms with E-state index in [0.717, 1.165) is 23.3 Å². The molecule has 0 aliphatic heterocycles. The van der Waals surface area contributed by atoms with Crippen LogP contribution in [0.3, 0.4) is 0 Å². The van der Waals surface area contributed by atoms with E-state index in [0.29, 0.717) is 0 Å². The number of hydrogen-bond acceptors (Lipinski definition) is 3. The Morgan fingerprint density at radius 3 is 2.53 bits per heavy atom. The van der Waals surface area contributed by atoms with Crippen molar-refractivity contribution in [2.45, 2.75) is 33.4 Å². The number of halogens is 1. The third-order valence-corrected chi connectivity index (χ3v) is 3.43. The van der Waals surface area contributed by atoms with Crippen LogP contribution in [-0.4, -0.2) is 35.3 Å². The highest BCUT2D eigenvalue weighted by Gasteiger charge is 2.27. The van der Waals surface area contributed by atoms with Gasteiger partial charge in [0.15, 0.2) is 0 Å². The molecule has 0 fully saturated rings. The first-order chi connectivity index (χ1) is 7.73. The summed E-state index contributed by atoms with van der Waals surface area (Å²) in [5.74, 6) is 0. The fourth-order valence-electron chi connectivity index (χ4n) is 1.56. The summed E-state index contributed by atoms with van der Waals surface area (Å²) in [6.07, 6.45) is 1.83. The standard InChI is InChI=1S/C12H23BrN4/c1-12(2,3)11(14)10-9(13)8-15-17(10)7-6-16(4)5/h8,11H,6-7,14H2,1-5H3. The Bertz CT molecular complexity index is 365. The first kappa shape index (κ1) is 14.7. The molecule has 0 aliphatic carbocycles. The average Bonchev–Trinajstić information content (AvgIpc) is 2.54. The van der Waals surface area contributed by atoms with E-state index in [1.807, 2.05) is 10.9 Å². The molecule has 1 aromatic rings. The Balaban J connectivity index is 2.94. The molecular formula is C12H23BrN4. The molecular weight excluding hydrogens is 280 g/mol. The monoisotopic (exact) mass is 302 g/mol. The van der Waals surface area contributed by atoms with E-state index in [-0.39, 0.29) is 11.5 Å². The Morgan fingerprint density at radius 1 is 1.47 bits per heavy atom. The number of nitrogens with two attached hydrogens (primary N) is 1. The smallest absolute Gasteiger partial charge is 0.0699 e. The highest BCUT2D eigenvalue weighted by Crippen LogP contribution is 2.34. The van der Waals surface area contributed by atoms with Gasteiger partial charge in [-0.05, 0) is 35.4 Å². The van der Waals surface area contributed by atoms with E-state index < -0.39 is 0 Å². The average molecular weight is 303 g/mol. The van der Waals surface area contributed by atoms with Crippen molar-refractivity contribution in [2.75, 3.05) is 20.6 Å². The van der Waals surface area contributed by atoms with Gasteiger partial charge in [0.2, 0.25) is 0 Å². The predicted octanol–water partition coefficient (Wildman–Crippen LogP) is 2.25. The van der Waals surface area contributed by atoms with Gasteiger partial charge in [-0.1, -0.05) is 20.8 Å². The van der Waals surface area contributed by atoms with Crippen molar-refractivity contribution in [3.05, 3.63) is 16.4 Å². The SMILES string of the molecule is CN(C)CCn1ncc(Br)c1C(N)C(C)(C)C. The Kier molecular flexibility index (Phi) is 4.75. The van der Waals surface area contributed by atoms with Crippen LogP contribution in [0.15, 0.2) is 10.7 Å². The van der Waals surface area contributed by atoms with Crippen molar-refractivity contribution in [1.29, 1.82) is 0 Å². The van der Waals surface area contributed by atoms with Gasteiger partial charge < -0.3 is 10.6 Å². The fraction of sp³-hybridized carbons (Fsp3) is 0.750. The molecule has 1 rings (SSSR count). The van der Waals surface area contributed by atoms with Gasteiger partial charge in [0.1, 0.15) is 0 Å². The molecule has 98 valence electrons. The van der Waals surface area contributed by atoms with Crippen LogP contribution in [0.5, 0.6) is 0 Å². The Morgan fingerprint density at radius 2 is 2.06 bits per heavy atom. The molecule has 1 unspecified atom stereocenters. The van der Waals surface area contributed by atoms with Crippen molar-refractivity contribution in [3.63, 3.8) is 0 Å². The molecule has 2 N–H and O–H groups in total. The molecule has 0 saturated carbocycles. The van der Waals surface area contributed by atoms with Crippen LogP contribution in [0.25, 0.3) is 0 Å². The van der Waals surface area contributed by atoms with Crippen molar-refractivity contribution >= 4 is 15.9 Å². The van der Waals surface area contributed by atoms with Crippen LogP contribution in [-0.2, 0) is 6.54 Å². The van der Waals surface area contributed by atoms with E-state index in [2.05, 4.69) is 60.8 Å². The van der Waals surface area contributed by atoms with E-state index in [1.165, 1.54) is 0 Å². The van der Waals surface area contributed by atoms with Gasteiger partial charge in [0.25, 0.3) is 0 Å². The van der Waals surface area contributed by atoms with Gasteiger partial charge in [-0.2, -0.15) is 5.10 Å². The summed E-state index contributed by atoms with van der Waals surface area (Å²) < 4.78 is 3.00.